The van der Waals surface area contributed by atoms with E-state index in [-0.39, 0.29) is 11.9 Å². The predicted molar refractivity (Wildman–Crippen MR) is 79.0 cm³/mol. The van der Waals surface area contributed by atoms with Crippen molar-refractivity contribution >= 4 is 5.91 Å². The molecule has 0 spiro atoms. The van der Waals surface area contributed by atoms with Gasteiger partial charge in [-0.2, -0.15) is 0 Å². The van der Waals surface area contributed by atoms with E-state index in [1.165, 1.54) is 0 Å². The van der Waals surface area contributed by atoms with Crippen molar-refractivity contribution in [2.24, 2.45) is 5.73 Å². The third kappa shape index (κ3) is 6.99. The molecule has 0 fully saturated rings. The monoisotopic (exact) mass is 280 g/mol. The van der Waals surface area contributed by atoms with Gasteiger partial charge in [0.2, 0.25) is 5.91 Å². The molecule has 0 heterocycles. The summed E-state index contributed by atoms with van der Waals surface area (Å²) < 4.78 is 10.6. The second-order valence-corrected chi connectivity index (χ2v) is 4.74. The number of hydrogen-bond donors (Lipinski definition) is 2. The predicted octanol–water partition coefficient (Wildman–Crippen LogP) is 1.71. The van der Waals surface area contributed by atoms with Crippen LogP contribution >= 0.6 is 0 Å². The number of rotatable bonds is 9. The molecule has 20 heavy (non-hydrogen) atoms. The van der Waals surface area contributed by atoms with Gasteiger partial charge < -0.3 is 20.5 Å². The molecule has 1 rings (SSSR count). The molecule has 1 aromatic carbocycles. The van der Waals surface area contributed by atoms with Crippen LogP contribution in [0.2, 0.25) is 0 Å². The Morgan fingerprint density at radius 3 is 2.55 bits per heavy atom. The first-order valence-corrected chi connectivity index (χ1v) is 6.91. The lowest BCUT2D eigenvalue weighted by Gasteiger charge is -2.08. The highest BCUT2D eigenvalue weighted by molar-refractivity contribution is 5.75. The average molecular weight is 280 g/mol. The molecule has 1 amide bonds. The van der Waals surface area contributed by atoms with Crippen LogP contribution in [0.15, 0.2) is 24.3 Å². The number of nitrogens with one attached hydrogen (secondary N) is 1. The Balaban J connectivity index is 2.08. The molecule has 5 heteroatoms. The van der Waals surface area contributed by atoms with Gasteiger partial charge >= 0.3 is 0 Å². The minimum absolute atomic E-state index is 0.0479. The Kier molecular flexibility index (Phi) is 7.50. The molecule has 0 radical (unpaired) electrons. The molecule has 5 nitrogen and oxygen atoms in total. The molecule has 1 aromatic rings. The van der Waals surface area contributed by atoms with Gasteiger partial charge in [0, 0.05) is 19.0 Å². The van der Waals surface area contributed by atoms with E-state index in [2.05, 4.69) is 5.32 Å². The van der Waals surface area contributed by atoms with E-state index in [1.807, 2.05) is 31.2 Å². The minimum atomic E-state index is 0.0479. The smallest absolute Gasteiger partial charge is 0.220 e. The lowest BCUT2D eigenvalue weighted by atomic mass is 10.2. The van der Waals surface area contributed by atoms with Gasteiger partial charge in [-0.05, 0) is 44.0 Å². The Bertz CT molecular complexity index is 391. The summed E-state index contributed by atoms with van der Waals surface area (Å²) >= 11 is 0. The van der Waals surface area contributed by atoms with Crippen molar-refractivity contribution in [3.8, 4) is 11.5 Å². The number of nitrogens with two attached hydrogens (primary N) is 1. The normalized spacial score (nSPS) is 11.8. The zero-order chi connectivity index (χ0) is 14.8. The van der Waals surface area contributed by atoms with Crippen LogP contribution in [0, 0.1) is 0 Å². The van der Waals surface area contributed by atoms with Gasteiger partial charge in [-0.15, -0.1) is 0 Å². The van der Waals surface area contributed by atoms with E-state index in [4.69, 9.17) is 15.2 Å². The quantitative estimate of drug-likeness (QED) is 0.675. The van der Waals surface area contributed by atoms with Gasteiger partial charge in [0.05, 0.1) is 13.7 Å². The number of amides is 1. The van der Waals surface area contributed by atoms with Crippen LogP contribution in [0.1, 0.15) is 26.2 Å². The fraction of sp³-hybridized carbons (Fsp3) is 0.533. The van der Waals surface area contributed by atoms with E-state index in [1.54, 1.807) is 7.11 Å². The zero-order valence-electron chi connectivity index (χ0n) is 12.2. The van der Waals surface area contributed by atoms with Crippen LogP contribution in [0.25, 0.3) is 0 Å². The lowest BCUT2D eigenvalue weighted by molar-refractivity contribution is -0.121. The van der Waals surface area contributed by atoms with Gasteiger partial charge in [0.1, 0.15) is 11.5 Å². The van der Waals surface area contributed by atoms with Crippen molar-refractivity contribution in [2.75, 3.05) is 20.3 Å². The largest absolute Gasteiger partial charge is 0.497 e. The van der Waals surface area contributed by atoms with E-state index in [0.717, 1.165) is 17.9 Å². The Hall–Kier alpha value is -1.75. The average Bonchev–Trinajstić information content (AvgIpc) is 2.45. The van der Waals surface area contributed by atoms with Crippen molar-refractivity contribution in [3.63, 3.8) is 0 Å². The van der Waals surface area contributed by atoms with Gasteiger partial charge in [-0.25, -0.2) is 0 Å². The molecule has 0 saturated carbocycles. The number of benzene rings is 1. The molecule has 0 aliphatic rings. The van der Waals surface area contributed by atoms with Crippen molar-refractivity contribution in [1.82, 2.24) is 5.32 Å². The number of carbonyl (C=O) groups is 1. The first-order valence-electron chi connectivity index (χ1n) is 6.91. The maximum atomic E-state index is 11.4. The van der Waals surface area contributed by atoms with Crippen LogP contribution in [-0.4, -0.2) is 32.2 Å². The van der Waals surface area contributed by atoms with Gasteiger partial charge in [0.15, 0.2) is 0 Å². The lowest BCUT2D eigenvalue weighted by Crippen LogP contribution is -2.27. The summed E-state index contributed by atoms with van der Waals surface area (Å²) in [6.45, 7) is 3.09. The molecule has 1 unspecified atom stereocenters. The Labute approximate surface area is 120 Å². The second-order valence-electron chi connectivity index (χ2n) is 4.74. The van der Waals surface area contributed by atoms with Gasteiger partial charge in [0.25, 0.3) is 0 Å². The van der Waals surface area contributed by atoms with Crippen molar-refractivity contribution in [2.45, 2.75) is 32.2 Å². The highest BCUT2D eigenvalue weighted by Gasteiger charge is 2.02. The highest BCUT2D eigenvalue weighted by Crippen LogP contribution is 2.16. The number of methoxy groups -OCH3 is 1. The standard InChI is InChI=1S/C15H24N2O3/c1-12(16)4-9-15(18)17-10-3-11-20-14-7-5-13(19-2)6-8-14/h5-8,12H,3-4,9-11,16H2,1-2H3,(H,17,18). The third-order valence-corrected chi connectivity index (χ3v) is 2.80. The van der Waals surface area contributed by atoms with E-state index in [0.29, 0.717) is 26.0 Å². The van der Waals surface area contributed by atoms with E-state index in [9.17, 15) is 4.79 Å². The summed E-state index contributed by atoms with van der Waals surface area (Å²) in [5.41, 5.74) is 5.59. The summed E-state index contributed by atoms with van der Waals surface area (Å²) in [4.78, 5) is 11.4. The molecule has 1 atom stereocenters. The van der Waals surface area contributed by atoms with E-state index < -0.39 is 0 Å². The molecule has 0 bridgehead atoms. The fourth-order valence-electron chi connectivity index (χ4n) is 1.61. The summed E-state index contributed by atoms with van der Waals surface area (Å²) in [6.07, 6.45) is 1.97. The summed E-state index contributed by atoms with van der Waals surface area (Å²) in [5.74, 6) is 1.65. The number of hydrogen-bond acceptors (Lipinski definition) is 4. The third-order valence-electron chi connectivity index (χ3n) is 2.80. The molecule has 0 aliphatic carbocycles. The van der Waals surface area contributed by atoms with Crippen LogP contribution < -0.4 is 20.5 Å². The van der Waals surface area contributed by atoms with Crippen molar-refractivity contribution < 1.29 is 14.3 Å². The Morgan fingerprint density at radius 1 is 1.30 bits per heavy atom. The summed E-state index contributed by atoms with van der Waals surface area (Å²) in [5, 5.41) is 2.85. The molecule has 0 aromatic heterocycles. The van der Waals surface area contributed by atoms with Crippen LogP contribution in [-0.2, 0) is 4.79 Å². The van der Waals surface area contributed by atoms with Crippen molar-refractivity contribution in [1.29, 1.82) is 0 Å². The molecule has 0 aliphatic heterocycles. The molecular formula is C15H24N2O3. The summed E-state index contributed by atoms with van der Waals surface area (Å²) in [7, 11) is 1.63. The van der Waals surface area contributed by atoms with Gasteiger partial charge in [-0.1, -0.05) is 0 Å². The number of carbonyl (C=O) groups excluding carboxylic acids is 1. The number of ether oxygens (including phenoxy) is 2. The van der Waals surface area contributed by atoms with E-state index >= 15 is 0 Å². The van der Waals surface area contributed by atoms with Gasteiger partial charge in [-0.3, -0.25) is 4.79 Å². The first-order chi connectivity index (χ1) is 9.61. The molecular weight excluding hydrogens is 256 g/mol. The second kappa shape index (κ2) is 9.20. The highest BCUT2D eigenvalue weighted by atomic mass is 16.5. The van der Waals surface area contributed by atoms with Crippen LogP contribution in [0.5, 0.6) is 11.5 Å². The SMILES string of the molecule is COc1ccc(OCCCNC(=O)CCC(C)N)cc1. The maximum absolute atomic E-state index is 11.4. The maximum Gasteiger partial charge on any atom is 0.220 e. The van der Waals surface area contributed by atoms with Crippen LogP contribution in [0.4, 0.5) is 0 Å². The summed E-state index contributed by atoms with van der Waals surface area (Å²) in [6, 6.07) is 7.50. The minimum Gasteiger partial charge on any atom is -0.497 e. The topological polar surface area (TPSA) is 73.6 Å². The molecule has 0 saturated heterocycles. The Morgan fingerprint density at radius 2 is 1.95 bits per heavy atom. The fourth-order valence-corrected chi connectivity index (χ4v) is 1.61. The van der Waals surface area contributed by atoms with Crippen molar-refractivity contribution in [3.05, 3.63) is 24.3 Å². The molecule has 112 valence electrons. The first kappa shape index (κ1) is 16.3. The zero-order valence-corrected chi connectivity index (χ0v) is 12.2. The van der Waals surface area contributed by atoms with Crippen LogP contribution in [0.3, 0.4) is 0 Å². The molecule has 3 N–H and O–H groups in total.